The van der Waals surface area contributed by atoms with Gasteiger partial charge < -0.3 is 5.73 Å². The minimum Gasteiger partial charge on any atom is -0.330 e. The zero-order valence-corrected chi connectivity index (χ0v) is 10.1. The van der Waals surface area contributed by atoms with Gasteiger partial charge in [-0.1, -0.05) is 32.0 Å². The lowest BCUT2D eigenvalue weighted by atomic mass is 9.88. The molecule has 2 aromatic rings. The van der Waals surface area contributed by atoms with Crippen LogP contribution in [0.4, 0.5) is 0 Å². The molecular weight excluding hydrogens is 202 g/mol. The fraction of sp³-hybridized carbons (Fsp3) is 0.385. The minimum absolute atomic E-state index is 0.539. The van der Waals surface area contributed by atoms with E-state index in [-0.39, 0.29) is 0 Å². The van der Waals surface area contributed by atoms with Gasteiger partial charge in [0.15, 0.2) is 0 Å². The standard InChI is InChI=1S/C13H17NS/c1-9(8-14)10(2)12-5-3-4-11-6-7-15-13(11)12/h3-7,9-10H,8,14H2,1-2H3. The normalized spacial score (nSPS) is 15.4. The molecule has 0 radical (unpaired) electrons. The molecule has 1 nitrogen and oxygen atoms in total. The maximum absolute atomic E-state index is 5.73. The van der Waals surface area contributed by atoms with Crippen LogP contribution in [0.25, 0.3) is 10.1 Å². The lowest BCUT2D eigenvalue weighted by Crippen LogP contribution is -2.17. The number of rotatable bonds is 3. The monoisotopic (exact) mass is 219 g/mol. The Morgan fingerprint density at radius 3 is 2.80 bits per heavy atom. The van der Waals surface area contributed by atoms with E-state index in [9.17, 15) is 0 Å². The second-order valence-corrected chi connectivity index (χ2v) is 5.10. The maximum Gasteiger partial charge on any atom is 0.0377 e. The second-order valence-electron chi connectivity index (χ2n) is 4.19. The number of hydrogen-bond donors (Lipinski definition) is 1. The van der Waals surface area contributed by atoms with Crippen LogP contribution in [0.15, 0.2) is 29.6 Å². The first-order chi connectivity index (χ1) is 7.24. The molecule has 0 spiro atoms. The summed E-state index contributed by atoms with van der Waals surface area (Å²) in [5, 5.41) is 3.52. The summed E-state index contributed by atoms with van der Waals surface area (Å²) in [6, 6.07) is 8.73. The van der Waals surface area contributed by atoms with Crippen LogP contribution in [0.5, 0.6) is 0 Å². The predicted molar refractivity (Wildman–Crippen MR) is 68.5 cm³/mol. The molecule has 1 aromatic carbocycles. The van der Waals surface area contributed by atoms with Crippen molar-refractivity contribution in [3.63, 3.8) is 0 Å². The Labute approximate surface area is 94.9 Å². The van der Waals surface area contributed by atoms with Gasteiger partial charge in [0.25, 0.3) is 0 Å². The Morgan fingerprint density at radius 1 is 1.27 bits per heavy atom. The van der Waals surface area contributed by atoms with Crippen LogP contribution in [0.1, 0.15) is 25.3 Å². The van der Waals surface area contributed by atoms with Crippen molar-refractivity contribution in [1.29, 1.82) is 0 Å². The Morgan fingerprint density at radius 2 is 2.07 bits per heavy atom. The van der Waals surface area contributed by atoms with Crippen LogP contribution >= 0.6 is 11.3 Å². The first-order valence-corrected chi connectivity index (χ1v) is 6.28. The quantitative estimate of drug-likeness (QED) is 0.838. The van der Waals surface area contributed by atoms with E-state index >= 15 is 0 Å². The zero-order chi connectivity index (χ0) is 10.8. The van der Waals surface area contributed by atoms with Gasteiger partial charge in [-0.15, -0.1) is 11.3 Å². The third-order valence-corrected chi connectivity index (χ3v) is 4.20. The molecule has 0 saturated carbocycles. The average molecular weight is 219 g/mol. The highest BCUT2D eigenvalue weighted by Gasteiger charge is 2.15. The Bertz CT molecular complexity index is 446. The minimum atomic E-state index is 0.539. The molecule has 0 saturated heterocycles. The van der Waals surface area contributed by atoms with Gasteiger partial charge in [0.1, 0.15) is 0 Å². The first kappa shape index (κ1) is 10.7. The van der Waals surface area contributed by atoms with Crippen LogP contribution < -0.4 is 5.73 Å². The topological polar surface area (TPSA) is 26.0 Å². The lowest BCUT2D eigenvalue weighted by Gasteiger charge is -2.19. The van der Waals surface area contributed by atoms with Crippen LogP contribution in [-0.2, 0) is 0 Å². The molecule has 0 fully saturated rings. The van der Waals surface area contributed by atoms with Gasteiger partial charge in [-0.25, -0.2) is 0 Å². The highest BCUT2D eigenvalue weighted by atomic mass is 32.1. The second kappa shape index (κ2) is 4.33. The zero-order valence-electron chi connectivity index (χ0n) is 9.23. The molecule has 2 atom stereocenters. The molecular formula is C13H17NS. The highest BCUT2D eigenvalue weighted by Crippen LogP contribution is 2.33. The summed E-state index contributed by atoms with van der Waals surface area (Å²) in [5.41, 5.74) is 7.18. The Hall–Kier alpha value is -0.860. The molecule has 0 bridgehead atoms. The van der Waals surface area contributed by atoms with Crippen molar-refractivity contribution < 1.29 is 0 Å². The van der Waals surface area contributed by atoms with Crippen molar-refractivity contribution >= 4 is 21.4 Å². The predicted octanol–water partition coefficient (Wildman–Crippen LogP) is 3.60. The number of hydrogen-bond acceptors (Lipinski definition) is 2. The van der Waals surface area contributed by atoms with E-state index in [1.165, 1.54) is 15.6 Å². The molecule has 0 aliphatic heterocycles. The average Bonchev–Trinajstić information content (AvgIpc) is 2.74. The molecule has 2 rings (SSSR count). The molecule has 1 aromatic heterocycles. The van der Waals surface area contributed by atoms with E-state index in [4.69, 9.17) is 5.73 Å². The third kappa shape index (κ3) is 1.92. The summed E-state index contributed by atoms with van der Waals surface area (Å²) in [6.45, 7) is 5.24. The van der Waals surface area contributed by atoms with Crippen molar-refractivity contribution in [3.8, 4) is 0 Å². The van der Waals surface area contributed by atoms with Gasteiger partial charge in [0.2, 0.25) is 0 Å². The summed E-state index contributed by atoms with van der Waals surface area (Å²) in [6.07, 6.45) is 0. The number of thiophene rings is 1. The van der Waals surface area contributed by atoms with Crippen molar-refractivity contribution in [1.82, 2.24) is 0 Å². The first-order valence-electron chi connectivity index (χ1n) is 5.40. The molecule has 0 amide bonds. The van der Waals surface area contributed by atoms with Crippen LogP contribution in [0.2, 0.25) is 0 Å². The van der Waals surface area contributed by atoms with E-state index in [1.54, 1.807) is 0 Å². The van der Waals surface area contributed by atoms with Crippen LogP contribution in [0, 0.1) is 5.92 Å². The SMILES string of the molecule is CC(CN)C(C)c1cccc2ccsc12. The van der Waals surface area contributed by atoms with Crippen LogP contribution in [-0.4, -0.2) is 6.54 Å². The fourth-order valence-corrected chi connectivity index (χ4v) is 2.90. The molecule has 15 heavy (non-hydrogen) atoms. The van der Waals surface area contributed by atoms with Crippen molar-refractivity contribution in [2.24, 2.45) is 11.7 Å². The lowest BCUT2D eigenvalue weighted by molar-refractivity contribution is 0.502. The van der Waals surface area contributed by atoms with E-state index in [1.807, 2.05) is 11.3 Å². The van der Waals surface area contributed by atoms with Crippen molar-refractivity contribution in [2.45, 2.75) is 19.8 Å². The summed E-state index contributed by atoms with van der Waals surface area (Å²) >= 11 is 1.83. The number of fused-ring (bicyclic) bond motifs is 1. The molecule has 1 heterocycles. The number of benzene rings is 1. The van der Waals surface area contributed by atoms with Gasteiger partial charge in [-0.3, -0.25) is 0 Å². The molecule has 80 valence electrons. The van der Waals surface area contributed by atoms with Crippen molar-refractivity contribution in [3.05, 3.63) is 35.2 Å². The Kier molecular flexibility index (Phi) is 3.08. The Balaban J connectivity index is 2.46. The summed E-state index contributed by atoms with van der Waals surface area (Å²) in [7, 11) is 0. The van der Waals surface area contributed by atoms with Gasteiger partial charge >= 0.3 is 0 Å². The van der Waals surface area contributed by atoms with E-state index in [0.717, 1.165) is 6.54 Å². The molecule has 0 aliphatic rings. The molecule has 0 aliphatic carbocycles. The molecule has 2 unspecified atom stereocenters. The molecule has 2 N–H and O–H groups in total. The van der Waals surface area contributed by atoms with Gasteiger partial charge in [0, 0.05) is 4.70 Å². The largest absolute Gasteiger partial charge is 0.330 e. The van der Waals surface area contributed by atoms with Gasteiger partial charge in [0.05, 0.1) is 0 Å². The highest BCUT2D eigenvalue weighted by molar-refractivity contribution is 7.17. The summed E-state index contributed by atoms with van der Waals surface area (Å²) < 4.78 is 1.42. The summed E-state index contributed by atoms with van der Waals surface area (Å²) in [5.74, 6) is 1.08. The van der Waals surface area contributed by atoms with Gasteiger partial charge in [-0.05, 0) is 40.8 Å². The van der Waals surface area contributed by atoms with E-state index < -0.39 is 0 Å². The molecule has 2 heteroatoms. The number of nitrogens with two attached hydrogens (primary N) is 1. The maximum atomic E-state index is 5.73. The third-order valence-electron chi connectivity index (χ3n) is 3.23. The van der Waals surface area contributed by atoms with Gasteiger partial charge in [-0.2, -0.15) is 0 Å². The van der Waals surface area contributed by atoms with Crippen LogP contribution in [0.3, 0.4) is 0 Å². The van der Waals surface area contributed by atoms with E-state index in [2.05, 4.69) is 43.5 Å². The van der Waals surface area contributed by atoms with Crippen molar-refractivity contribution in [2.75, 3.05) is 6.54 Å². The van der Waals surface area contributed by atoms with E-state index in [0.29, 0.717) is 11.8 Å². The smallest absolute Gasteiger partial charge is 0.0377 e. The fourth-order valence-electron chi connectivity index (χ4n) is 1.89. The summed E-state index contributed by atoms with van der Waals surface area (Å²) in [4.78, 5) is 0.